The van der Waals surface area contributed by atoms with Crippen LogP contribution in [0.2, 0.25) is 0 Å². The van der Waals surface area contributed by atoms with Gasteiger partial charge in [-0.3, -0.25) is 0 Å². The standard InChI is InChI=1S/C12H17NO/c1-8(2)13-10-6-9-4-3-5-12(14)11(9)7-10/h3-5,8,10,13-14H,6-7H2,1-2H3. The lowest BCUT2D eigenvalue weighted by Gasteiger charge is -2.14. The Morgan fingerprint density at radius 1 is 1.36 bits per heavy atom. The molecular weight excluding hydrogens is 174 g/mol. The molecule has 0 radical (unpaired) electrons. The number of benzene rings is 1. The number of aromatic hydroxyl groups is 1. The summed E-state index contributed by atoms with van der Waals surface area (Å²) in [6.07, 6.45) is 2.00. The largest absolute Gasteiger partial charge is 0.508 e. The Balaban J connectivity index is 2.14. The predicted molar refractivity (Wildman–Crippen MR) is 57.6 cm³/mol. The number of phenols is 1. The Labute approximate surface area is 85.0 Å². The molecular formula is C12H17NO. The zero-order valence-corrected chi connectivity index (χ0v) is 8.75. The summed E-state index contributed by atoms with van der Waals surface area (Å²) >= 11 is 0. The van der Waals surface area contributed by atoms with E-state index in [9.17, 15) is 5.11 Å². The SMILES string of the molecule is CC(C)NC1Cc2cccc(O)c2C1. The molecule has 0 spiro atoms. The third-order valence-corrected chi connectivity index (χ3v) is 2.73. The highest BCUT2D eigenvalue weighted by Crippen LogP contribution is 2.29. The third-order valence-electron chi connectivity index (χ3n) is 2.73. The van der Waals surface area contributed by atoms with Crippen molar-refractivity contribution in [1.29, 1.82) is 0 Å². The maximum absolute atomic E-state index is 9.66. The van der Waals surface area contributed by atoms with Crippen molar-refractivity contribution in [2.75, 3.05) is 0 Å². The third kappa shape index (κ3) is 1.75. The molecule has 2 N–H and O–H groups in total. The van der Waals surface area contributed by atoms with Gasteiger partial charge < -0.3 is 10.4 Å². The van der Waals surface area contributed by atoms with Crippen LogP contribution in [0.1, 0.15) is 25.0 Å². The molecule has 0 aromatic heterocycles. The van der Waals surface area contributed by atoms with Crippen molar-refractivity contribution in [3.63, 3.8) is 0 Å². The van der Waals surface area contributed by atoms with Gasteiger partial charge in [-0.1, -0.05) is 26.0 Å². The fourth-order valence-corrected chi connectivity index (χ4v) is 2.22. The summed E-state index contributed by atoms with van der Waals surface area (Å²) in [5.74, 6) is 0.454. The van der Waals surface area contributed by atoms with Gasteiger partial charge in [-0.25, -0.2) is 0 Å². The lowest BCUT2D eigenvalue weighted by Crippen LogP contribution is -2.35. The Morgan fingerprint density at radius 2 is 2.14 bits per heavy atom. The summed E-state index contributed by atoms with van der Waals surface area (Å²) in [6.45, 7) is 4.31. The van der Waals surface area contributed by atoms with E-state index in [0.29, 0.717) is 17.8 Å². The first kappa shape index (κ1) is 9.53. The Morgan fingerprint density at radius 3 is 2.79 bits per heavy atom. The van der Waals surface area contributed by atoms with Crippen LogP contribution in [0.3, 0.4) is 0 Å². The van der Waals surface area contributed by atoms with Gasteiger partial charge >= 0.3 is 0 Å². The number of hydrogen-bond acceptors (Lipinski definition) is 2. The topological polar surface area (TPSA) is 32.3 Å². The van der Waals surface area contributed by atoms with Crippen molar-refractivity contribution in [3.8, 4) is 5.75 Å². The molecule has 1 aromatic carbocycles. The monoisotopic (exact) mass is 191 g/mol. The molecule has 0 saturated carbocycles. The first-order chi connectivity index (χ1) is 6.66. The molecule has 0 aliphatic heterocycles. The number of hydrogen-bond donors (Lipinski definition) is 2. The molecule has 0 saturated heterocycles. The number of rotatable bonds is 2. The maximum Gasteiger partial charge on any atom is 0.119 e. The fraction of sp³-hybridized carbons (Fsp3) is 0.500. The van der Waals surface area contributed by atoms with E-state index in [1.807, 2.05) is 6.07 Å². The second kappa shape index (κ2) is 3.62. The smallest absolute Gasteiger partial charge is 0.119 e. The second-order valence-electron chi connectivity index (χ2n) is 4.34. The molecule has 0 heterocycles. The summed E-state index contributed by atoms with van der Waals surface area (Å²) in [6, 6.07) is 6.81. The summed E-state index contributed by atoms with van der Waals surface area (Å²) in [5.41, 5.74) is 2.42. The van der Waals surface area contributed by atoms with E-state index in [0.717, 1.165) is 18.4 Å². The number of fused-ring (bicyclic) bond motifs is 1. The molecule has 2 heteroatoms. The second-order valence-corrected chi connectivity index (χ2v) is 4.34. The van der Waals surface area contributed by atoms with E-state index < -0.39 is 0 Å². The van der Waals surface area contributed by atoms with Crippen molar-refractivity contribution >= 4 is 0 Å². The first-order valence-corrected chi connectivity index (χ1v) is 5.22. The molecule has 1 atom stereocenters. The van der Waals surface area contributed by atoms with Crippen LogP contribution in [0.5, 0.6) is 5.75 Å². The Kier molecular flexibility index (Phi) is 2.46. The molecule has 0 bridgehead atoms. The predicted octanol–water partition coefficient (Wildman–Crippen LogP) is 1.86. The molecule has 2 nitrogen and oxygen atoms in total. The van der Waals surface area contributed by atoms with Gasteiger partial charge in [0.2, 0.25) is 0 Å². The van der Waals surface area contributed by atoms with Crippen LogP contribution in [-0.2, 0) is 12.8 Å². The highest BCUT2D eigenvalue weighted by atomic mass is 16.3. The van der Waals surface area contributed by atoms with Crippen LogP contribution >= 0.6 is 0 Å². The van der Waals surface area contributed by atoms with Gasteiger partial charge in [0, 0.05) is 12.1 Å². The Hall–Kier alpha value is -1.02. The first-order valence-electron chi connectivity index (χ1n) is 5.22. The highest BCUT2D eigenvalue weighted by Gasteiger charge is 2.23. The van der Waals surface area contributed by atoms with E-state index in [1.54, 1.807) is 6.07 Å². The van der Waals surface area contributed by atoms with Crippen molar-refractivity contribution in [2.45, 2.75) is 38.8 Å². The summed E-state index contributed by atoms with van der Waals surface area (Å²) in [7, 11) is 0. The van der Waals surface area contributed by atoms with Crippen molar-refractivity contribution < 1.29 is 5.11 Å². The van der Waals surface area contributed by atoms with Gasteiger partial charge in [0.15, 0.2) is 0 Å². The van der Waals surface area contributed by atoms with Crippen molar-refractivity contribution in [3.05, 3.63) is 29.3 Å². The maximum atomic E-state index is 9.66. The van der Waals surface area contributed by atoms with E-state index in [-0.39, 0.29) is 0 Å². The van der Waals surface area contributed by atoms with Crippen LogP contribution in [-0.4, -0.2) is 17.2 Å². The number of phenolic OH excluding ortho intramolecular Hbond substituents is 1. The van der Waals surface area contributed by atoms with Crippen LogP contribution in [0.4, 0.5) is 0 Å². The van der Waals surface area contributed by atoms with Gasteiger partial charge in [-0.15, -0.1) is 0 Å². The average Bonchev–Trinajstić information content (AvgIpc) is 2.47. The van der Waals surface area contributed by atoms with Gasteiger partial charge in [0.25, 0.3) is 0 Å². The lowest BCUT2D eigenvalue weighted by molar-refractivity contribution is 0.455. The zero-order valence-electron chi connectivity index (χ0n) is 8.75. The molecule has 1 aromatic rings. The Bertz CT molecular complexity index is 333. The van der Waals surface area contributed by atoms with Crippen molar-refractivity contribution in [1.82, 2.24) is 5.32 Å². The molecule has 2 rings (SSSR count). The van der Waals surface area contributed by atoms with Crippen LogP contribution < -0.4 is 5.32 Å². The van der Waals surface area contributed by atoms with E-state index >= 15 is 0 Å². The van der Waals surface area contributed by atoms with Crippen LogP contribution in [0, 0.1) is 0 Å². The summed E-state index contributed by atoms with van der Waals surface area (Å²) in [4.78, 5) is 0. The summed E-state index contributed by atoms with van der Waals surface area (Å²) in [5, 5.41) is 13.2. The minimum absolute atomic E-state index is 0.454. The number of nitrogens with one attached hydrogen (secondary N) is 1. The van der Waals surface area contributed by atoms with E-state index in [4.69, 9.17) is 0 Å². The molecule has 14 heavy (non-hydrogen) atoms. The molecule has 76 valence electrons. The van der Waals surface area contributed by atoms with Gasteiger partial charge in [-0.2, -0.15) is 0 Å². The quantitative estimate of drug-likeness (QED) is 0.747. The van der Waals surface area contributed by atoms with Crippen LogP contribution in [0.25, 0.3) is 0 Å². The van der Waals surface area contributed by atoms with Gasteiger partial charge in [-0.05, 0) is 30.0 Å². The molecule has 0 amide bonds. The molecule has 0 fully saturated rings. The fourth-order valence-electron chi connectivity index (χ4n) is 2.22. The van der Waals surface area contributed by atoms with E-state index in [2.05, 4.69) is 25.2 Å². The summed E-state index contributed by atoms with van der Waals surface area (Å²) < 4.78 is 0. The van der Waals surface area contributed by atoms with Crippen LogP contribution in [0.15, 0.2) is 18.2 Å². The molecule has 1 unspecified atom stereocenters. The van der Waals surface area contributed by atoms with E-state index in [1.165, 1.54) is 5.56 Å². The van der Waals surface area contributed by atoms with Crippen molar-refractivity contribution in [2.24, 2.45) is 0 Å². The molecule has 1 aliphatic carbocycles. The molecule has 1 aliphatic rings. The zero-order chi connectivity index (χ0) is 10.1. The van der Waals surface area contributed by atoms with Gasteiger partial charge in [0.1, 0.15) is 5.75 Å². The lowest BCUT2D eigenvalue weighted by atomic mass is 10.1. The van der Waals surface area contributed by atoms with Gasteiger partial charge in [0.05, 0.1) is 0 Å². The minimum atomic E-state index is 0.454. The minimum Gasteiger partial charge on any atom is -0.508 e. The normalized spacial score (nSPS) is 20.1. The highest BCUT2D eigenvalue weighted by molar-refractivity contribution is 5.43. The average molecular weight is 191 g/mol.